The molecule has 4 heterocycles. The van der Waals surface area contributed by atoms with Gasteiger partial charge in [0, 0.05) is 36.7 Å². The summed E-state index contributed by atoms with van der Waals surface area (Å²) in [5.74, 6) is -0.383. The second-order valence-electron chi connectivity index (χ2n) is 8.54. The minimum Gasteiger partial charge on any atom is -0.472 e. The first-order valence-corrected chi connectivity index (χ1v) is 10.7. The zero-order valence-corrected chi connectivity index (χ0v) is 17.1. The van der Waals surface area contributed by atoms with Gasteiger partial charge in [0.2, 0.25) is 5.91 Å². The monoisotopic (exact) mass is 423 g/mol. The van der Waals surface area contributed by atoms with Crippen LogP contribution in [0.1, 0.15) is 29.6 Å². The first-order valence-electron chi connectivity index (χ1n) is 10.7. The lowest BCUT2D eigenvalue weighted by Crippen LogP contribution is -2.43. The summed E-state index contributed by atoms with van der Waals surface area (Å²) in [5.41, 5.74) is 7.79. The Balaban J connectivity index is 1.27. The highest BCUT2D eigenvalue weighted by Gasteiger charge is 2.47. The second kappa shape index (κ2) is 7.85. The summed E-state index contributed by atoms with van der Waals surface area (Å²) in [7, 11) is 0. The van der Waals surface area contributed by atoms with Crippen molar-refractivity contribution in [2.45, 2.75) is 37.5 Å². The van der Waals surface area contributed by atoms with Crippen LogP contribution in [0.2, 0.25) is 0 Å². The van der Waals surface area contributed by atoms with E-state index >= 15 is 0 Å². The quantitative estimate of drug-likeness (QED) is 0.805. The van der Waals surface area contributed by atoms with Crippen molar-refractivity contribution in [2.24, 2.45) is 11.7 Å². The number of nitrogens with zero attached hydrogens (tertiary/aromatic N) is 2. The van der Waals surface area contributed by atoms with Gasteiger partial charge in [-0.05, 0) is 43.0 Å². The Labute approximate surface area is 179 Å². The van der Waals surface area contributed by atoms with Crippen LogP contribution in [0.25, 0.3) is 11.1 Å². The molecule has 8 heteroatoms. The fraction of sp³-hybridized carbons (Fsp3) is 0.435. The predicted octanol–water partition coefficient (Wildman–Crippen LogP) is 1.65. The number of carbonyl (C=O) groups is 3. The zero-order valence-electron chi connectivity index (χ0n) is 17.1. The average Bonchev–Trinajstić information content (AvgIpc) is 3.56. The van der Waals surface area contributed by atoms with E-state index in [1.54, 1.807) is 17.4 Å². The van der Waals surface area contributed by atoms with Gasteiger partial charge in [-0.3, -0.25) is 14.4 Å². The lowest BCUT2D eigenvalue weighted by atomic mass is 10.0. The molecule has 3 aliphatic rings. The molecule has 31 heavy (non-hydrogen) atoms. The Morgan fingerprint density at radius 1 is 1.00 bits per heavy atom. The molecule has 0 saturated carbocycles. The molecule has 4 atom stereocenters. The lowest BCUT2D eigenvalue weighted by Gasteiger charge is -2.26. The Morgan fingerprint density at radius 3 is 2.58 bits per heavy atom. The van der Waals surface area contributed by atoms with Gasteiger partial charge >= 0.3 is 0 Å². The number of ether oxygens (including phenoxy) is 1. The molecule has 3 fully saturated rings. The van der Waals surface area contributed by atoms with E-state index in [0.29, 0.717) is 38.0 Å². The van der Waals surface area contributed by atoms with Crippen molar-refractivity contribution < 1.29 is 23.5 Å². The Hall–Kier alpha value is -3.13. The first-order chi connectivity index (χ1) is 15.0. The highest BCUT2D eigenvalue weighted by Crippen LogP contribution is 2.34. The van der Waals surface area contributed by atoms with Gasteiger partial charge < -0.3 is 24.7 Å². The van der Waals surface area contributed by atoms with Crippen molar-refractivity contribution in [3.63, 3.8) is 0 Å². The third-order valence-corrected chi connectivity index (χ3v) is 6.70. The van der Waals surface area contributed by atoms with Crippen molar-refractivity contribution in [3.8, 4) is 11.1 Å². The van der Waals surface area contributed by atoms with E-state index in [2.05, 4.69) is 0 Å². The van der Waals surface area contributed by atoms with Gasteiger partial charge in [-0.25, -0.2) is 0 Å². The number of likely N-dealkylation sites (tertiary alicyclic amines) is 2. The second-order valence-corrected chi connectivity index (χ2v) is 8.54. The van der Waals surface area contributed by atoms with Crippen molar-refractivity contribution in [1.29, 1.82) is 0 Å². The zero-order chi connectivity index (χ0) is 21.5. The van der Waals surface area contributed by atoms with Crippen LogP contribution in [-0.4, -0.2) is 65.4 Å². The van der Waals surface area contributed by atoms with Crippen molar-refractivity contribution in [2.75, 3.05) is 19.6 Å². The molecule has 1 aromatic carbocycles. The molecule has 0 spiro atoms. The van der Waals surface area contributed by atoms with Gasteiger partial charge in [-0.15, -0.1) is 0 Å². The molecule has 8 nitrogen and oxygen atoms in total. The van der Waals surface area contributed by atoms with E-state index in [0.717, 1.165) is 17.5 Å². The summed E-state index contributed by atoms with van der Waals surface area (Å²) in [4.78, 5) is 41.2. The normalized spacial score (nSPS) is 27.5. The van der Waals surface area contributed by atoms with Gasteiger partial charge in [-0.2, -0.15) is 0 Å². The first kappa shape index (κ1) is 19.8. The standard InChI is InChI=1S/C23H25N3O5/c24-21(27)19-4-5-20(31-19)23(29)25-11-16-6-8-26(18(16)12-25)22(28)15-3-1-2-14(10-15)17-7-9-30-13-17/h1-3,7,9-10,13,16,18-20H,4-6,8,11-12H2,(H2,24,27)/t16-,18+,19-,20+/m0/s1. The van der Waals surface area contributed by atoms with Crippen LogP contribution < -0.4 is 5.73 Å². The number of amides is 3. The smallest absolute Gasteiger partial charge is 0.254 e. The van der Waals surface area contributed by atoms with Crippen molar-refractivity contribution >= 4 is 17.7 Å². The van der Waals surface area contributed by atoms with Crippen LogP contribution >= 0.6 is 0 Å². The van der Waals surface area contributed by atoms with Gasteiger partial charge in [0.05, 0.1) is 18.6 Å². The molecule has 0 unspecified atom stereocenters. The van der Waals surface area contributed by atoms with Crippen LogP contribution in [0.15, 0.2) is 47.3 Å². The summed E-state index contributed by atoms with van der Waals surface area (Å²) < 4.78 is 10.7. The summed E-state index contributed by atoms with van der Waals surface area (Å²) in [6.07, 6.45) is 3.81. The van der Waals surface area contributed by atoms with Gasteiger partial charge in [0.1, 0.15) is 12.2 Å². The Morgan fingerprint density at radius 2 is 1.84 bits per heavy atom. The van der Waals surface area contributed by atoms with Gasteiger partial charge in [0.15, 0.2) is 0 Å². The number of benzene rings is 1. The largest absolute Gasteiger partial charge is 0.472 e. The van der Waals surface area contributed by atoms with E-state index in [1.165, 1.54) is 0 Å². The molecule has 2 aromatic rings. The highest BCUT2D eigenvalue weighted by molar-refractivity contribution is 5.96. The minimum atomic E-state index is -0.684. The van der Waals surface area contributed by atoms with Crippen LogP contribution in [0.3, 0.4) is 0 Å². The van der Waals surface area contributed by atoms with E-state index in [1.807, 2.05) is 35.2 Å². The van der Waals surface area contributed by atoms with Crippen LogP contribution in [0.4, 0.5) is 0 Å². The maximum Gasteiger partial charge on any atom is 0.254 e. The molecule has 162 valence electrons. The molecule has 0 aliphatic carbocycles. The fourth-order valence-electron chi connectivity index (χ4n) is 5.05. The van der Waals surface area contributed by atoms with Crippen molar-refractivity contribution in [1.82, 2.24) is 9.80 Å². The van der Waals surface area contributed by atoms with E-state index in [4.69, 9.17) is 14.9 Å². The molecule has 5 rings (SSSR count). The van der Waals surface area contributed by atoms with Gasteiger partial charge in [-0.1, -0.05) is 12.1 Å². The summed E-state index contributed by atoms with van der Waals surface area (Å²) in [6, 6.07) is 9.40. The predicted molar refractivity (Wildman–Crippen MR) is 111 cm³/mol. The molecule has 0 radical (unpaired) electrons. The number of furan rings is 1. The number of nitrogens with two attached hydrogens (primary N) is 1. The Bertz CT molecular complexity index is 1000. The minimum absolute atomic E-state index is 0.00220. The van der Waals surface area contributed by atoms with Crippen LogP contribution in [0.5, 0.6) is 0 Å². The topological polar surface area (TPSA) is 106 Å². The fourth-order valence-corrected chi connectivity index (χ4v) is 5.05. The average molecular weight is 423 g/mol. The number of carbonyl (C=O) groups excluding carboxylic acids is 3. The molecule has 3 amide bonds. The maximum absolute atomic E-state index is 13.3. The number of rotatable bonds is 4. The third-order valence-electron chi connectivity index (χ3n) is 6.70. The van der Waals surface area contributed by atoms with E-state index in [-0.39, 0.29) is 23.8 Å². The lowest BCUT2D eigenvalue weighted by molar-refractivity contribution is -0.145. The molecule has 3 aliphatic heterocycles. The van der Waals surface area contributed by atoms with Crippen LogP contribution in [0, 0.1) is 5.92 Å². The highest BCUT2D eigenvalue weighted by atomic mass is 16.5. The van der Waals surface area contributed by atoms with E-state index < -0.39 is 18.1 Å². The number of hydrogen-bond donors (Lipinski definition) is 1. The van der Waals surface area contributed by atoms with Gasteiger partial charge in [0.25, 0.3) is 11.8 Å². The molecule has 3 saturated heterocycles. The van der Waals surface area contributed by atoms with Crippen LogP contribution in [-0.2, 0) is 14.3 Å². The van der Waals surface area contributed by atoms with Crippen molar-refractivity contribution in [3.05, 3.63) is 48.4 Å². The SMILES string of the molecule is NC(=O)[C@@H]1CC[C@H](C(=O)N2C[C@@H]3CCN(C(=O)c4cccc(-c5ccoc5)c4)[C@@H]3C2)O1. The number of hydrogen-bond acceptors (Lipinski definition) is 5. The number of fused-ring (bicyclic) bond motifs is 1. The third kappa shape index (κ3) is 3.61. The number of primary amides is 1. The molecule has 0 bridgehead atoms. The maximum atomic E-state index is 13.3. The summed E-state index contributed by atoms with van der Waals surface area (Å²) >= 11 is 0. The molecular weight excluding hydrogens is 398 g/mol. The molecule has 2 N–H and O–H groups in total. The Kier molecular flexibility index (Phi) is 5.02. The molecular formula is C23H25N3O5. The summed E-state index contributed by atoms with van der Waals surface area (Å²) in [5, 5.41) is 0. The molecule has 1 aromatic heterocycles. The van der Waals surface area contributed by atoms with E-state index in [9.17, 15) is 14.4 Å². The summed E-state index contributed by atoms with van der Waals surface area (Å²) in [6.45, 7) is 1.80.